The molecule has 0 spiro atoms. The summed E-state index contributed by atoms with van der Waals surface area (Å²) in [7, 11) is 2.06. The molecule has 2 aromatic heterocycles. The molecule has 0 radical (unpaired) electrons. The molecule has 17 heavy (non-hydrogen) atoms. The van der Waals surface area contributed by atoms with Crippen molar-refractivity contribution in [3.8, 4) is 0 Å². The van der Waals surface area contributed by atoms with Crippen LogP contribution in [0.25, 0.3) is 0 Å². The van der Waals surface area contributed by atoms with Gasteiger partial charge >= 0.3 is 0 Å². The summed E-state index contributed by atoms with van der Waals surface area (Å²) in [6.07, 6.45) is 3.50. The number of likely N-dealkylation sites (N-methyl/N-ethyl adjacent to an activating group) is 1. The summed E-state index contributed by atoms with van der Waals surface area (Å²) in [5.41, 5.74) is 6.30. The number of aromatic nitrogens is 2. The molecule has 2 rings (SSSR count). The maximum atomic E-state index is 5.60. The van der Waals surface area contributed by atoms with Crippen LogP contribution in [0.2, 0.25) is 0 Å². The van der Waals surface area contributed by atoms with Gasteiger partial charge in [0.25, 0.3) is 0 Å². The third kappa shape index (κ3) is 3.35. The summed E-state index contributed by atoms with van der Waals surface area (Å²) in [5.74, 6) is 1.94. The number of hydrogen-bond acceptors (Lipinski definition) is 4. The van der Waals surface area contributed by atoms with E-state index >= 15 is 0 Å². The Morgan fingerprint density at radius 1 is 1.47 bits per heavy atom. The molecule has 0 aliphatic heterocycles. The van der Waals surface area contributed by atoms with Gasteiger partial charge in [0.1, 0.15) is 11.5 Å². The molecule has 92 valence electrons. The van der Waals surface area contributed by atoms with Crippen LogP contribution in [-0.2, 0) is 13.1 Å². The minimum absolute atomic E-state index is 0.703. The van der Waals surface area contributed by atoms with Gasteiger partial charge in [-0.1, -0.05) is 0 Å². The van der Waals surface area contributed by atoms with E-state index in [4.69, 9.17) is 10.2 Å². The minimum atomic E-state index is 0.703. The largest absolute Gasteiger partial charge is 0.465 e. The molecule has 0 atom stereocenters. The second-order valence-corrected chi connectivity index (χ2v) is 4.29. The Hall–Kier alpha value is -1.75. The number of rotatable bonds is 5. The number of aryl methyl sites for hydroxylation is 1. The van der Waals surface area contributed by atoms with Crippen molar-refractivity contribution in [1.29, 1.82) is 0 Å². The molecule has 5 heteroatoms. The first-order chi connectivity index (χ1) is 8.13. The highest BCUT2D eigenvalue weighted by Crippen LogP contribution is 2.08. The van der Waals surface area contributed by atoms with E-state index in [1.165, 1.54) is 0 Å². The van der Waals surface area contributed by atoms with E-state index < -0.39 is 0 Å². The maximum absolute atomic E-state index is 5.60. The average Bonchev–Trinajstić information content (AvgIpc) is 2.85. The van der Waals surface area contributed by atoms with E-state index in [0.29, 0.717) is 5.69 Å². The minimum Gasteiger partial charge on any atom is -0.465 e. The topological polar surface area (TPSA) is 60.2 Å². The van der Waals surface area contributed by atoms with Crippen LogP contribution in [0, 0.1) is 6.92 Å². The van der Waals surface area contributed by atoms with E-state index in [1.54, 1.807) is 6.20 Å². The standard InChI is InChI=1S/C12H18N4O/c1-10-3-4-12(17-10)9-15(2)5-6-16-8-11(13)7-14-16/h3-4,7-8H,5-6,9,13H2,1-2H3. The van der Waals surface area contributed by atoms with Gasteiger partial charge in [0.2, 0.25) is 0 Å². The Labute approximate surface area is 101 Å². The highest BCUT2D eigenvalue weighted by Gasteiger charge is 2.04. The first-order valence-corrected chi connectivity index (χ1v) is 5.65. The zero-order chi connectivity index (χ0) is 12.3. The van der Waals surface area contributed by atoms with E-state index in [2.05, 4.69) is 17.0 Å². The molecule has 0 aliphatic carbocycles. The lowest BCUT2D eigenvalue weighted by atomic mass is 10.4. The normalized spacial score (nSPS) is 11.2. The van der Waals surface area contributed by atoms with Gasteiger partial charge in [-0.15, -0.1) is 0 Å². The van der Waals surface area contributed by atoms with Crippen LogP contribution in [0.1, 0.15) is 11.5 Å². The molecule has 0 unspecified atom stereocenters. The van der Waals surface area contributed by atoms with Crippen LogP contribution in [-0.4, -0.2) is 28.3 Å². The van der Waals surface area contributed by atoms with Gasteiger partial charge in [-0.3, -0.25) is 9.58 Å². The SMILES string of the molecule is Cc1ccc(CN(C)CCn2cc(N)cn2)o1. The molecule has 2 N–H and O–H groups in total. The van der Waals surface area contributed by atoms with Gasteiger partial charge < -0.3 is 10.2 Å². The second-order valence-electron chi connectivity index (χ2n) is 4.29. The molecule has 2 heterocycles. The molecule has 0 aromatic carbocycles. The molecule has 0 amide bonds. The summed E-state index contributed by atoms with van der Waals surface area (Å²) in [5, 5.41) is 4.14. The number of furan rings is 1. The fourth-order valence-electron chi connectivity index (χ4n) is 1.69. The van der Waals surface area contributed by atoms with Gasteiger partial charge in [-0.05, 0) is 26.1 Å². The van der Waals surface area contributed by atoms with Crippen LogP contribution in [0.5, 0.6) is 0 Å². The van der Waals surface area contributed by atoms with Crippen molar-refractivity contribution in [3.05, 3.63) is 36.0 Å². The molecule has 0 saturated heterocycles. The zero-order valence-corrected chi connectivity index (χ0v) is 10.3. The fraction of sp³-hybridized carbons (Fsp3) is 0.417. The molecular weight excluding hydrogens is 216 g/mol. The van der Waals surface area contributed by atoms with Crippen LogP contribution in [0.3, 0.4) is 0 Å². The number of nitrogens with zero attached hydrogens (tertiary/aromatic N) is 3. The summed E-state index contributed by atoms with van der Waals surface area (Å²) in [6, 6.07) is 4.00. The van der Waals surface area contributed by atoms with E-state index in [-0.39, 0.29) is 0 Å². The Balaban J connectivity index is 1.79. The van der Waals surface area contributed by atoms with E-state index in [9.17, 15) is 0 Å². The Morgan fingerprint density at radius 2 is 2.29 bits per heavy atom. The predicted molar refractivity (Wildman–Crippen MR) is 66.4 cm³/mol. The molecular formula is C12H18N4O. The third-order valence-corrected chi connectivity index (χ3v) is 2.59. The Kier molecular flexibility index (Phi) is 3.49. The van der Waals surface area contributed by atoms with Crippen LogP contribution in [0.4, 0.5) is 5.69 Å². The van der Waals surface area contributed by atoms with Crippen molar-refractivity contribution < 1.29 is 4.42 Å². The predicted octanol–water partition coefficient (Wildman–Crippen LogP) is 1.50. The highest BCUT2D eigenvalue weighted by atomic mass is 16.3. The first kappa shape index (κ1) is 11.7. The summed E-state index contributed by atoms with van der Waals surface area (Å²) >= 11 is 0. The van der Waals surface area contributed by atoms with Crippen LogP contribution >= 0.6 is 0 Å². The highest BCUT2D eigenvalue weighted by molar-refractivity contribution is 5.30. The van der Waals surface area contributed by atoms with Crippen molar-refractivity contribution in [3.63, 3.8) is 0 Å². The van der Waals surface area contributed by atoms with Crippen molar-refractivity contribution in [2.45, 2.75) is 20.0 Å². The smallest absolute Gasteiger partial charge is 0.118 e. The van der Waals surface area contributed by atoms with Crippen LogP contribution in [0.15, 0.2) is 28.9 Å². The molecule has 2 aromatic rings. The lowest BCUT2D eigenvalue weighted by molar-refractivity contribution is 0.277. The lowest BCUT2D eigenvalue weighted by Gasteiger charge is -2.14. The molecule has 0 aliphatic rings. The second kappa shape index (κ2) is 5.05. The first-order valence-electron chi connectivity index (χ1n) is 5.65. The number of anilines is 1. The third-order valence-electron chi connectivity index (χ3n) is 2.59. The van der Waals surface area contributed by atoms with Gasteiger partial charge in [0.15, 0.2) is 0 Å². The Bertz CT molecular complexity index is 474. The van der Waals surface area contributed by atoms with Crippen molar-refractivity contribution >= 4 is 5.69 Å². The molecule has 0 bridgehead atoms. The average molecular weight is 234 g/mol. The van der Waals surface area contributed by atoms with Gasteiger partial charge in [0, 0.05) is 12.7 Å². The number of nitrogens with two attached hydrogens (primary N) is 1. The Morgan fingerprint density at radius 3 is 2.88 bits per heavy atom. The van der Waals surface area contributed by atoms with Gasteiger partial charge in [-0.25, -0.2) is 0 Å². The molecule has 0 fully saturated rings. The maximum Gasteiger partial charge on any atom is 0.118 e. The van der Waals surface area contributed by atoms with Crippen LogP contribution < -0.4 is 5.73 Å². The zero-order valence-electron chi connectivity index (χ0n) is 10.3. The number of hydrogen-bond donors (Lipinski definition) is 1. The van der Waals surface area contributed by atoms with Gasteiger partial charge in [-0.2, -0.15) is 5.10 Å². The van der Waals surface area contributed by atoms with Crippen molar-refractivity contribution in [1.82, 2.24) is 14.7 Å². The summed E-state index contributed by atoms with van der Waals surface area (Å²) in [4.78, 5) is 2.19. The van der Waals surface area contributed by atoms with E-state index in [0.717, 1.165) is 31.2 Å². The van der Waals surface area contributed by atoms with Crippen molar-refractivity contribution in [2.75, 3.05) is 19.3 Å². The fourth-order valence-corrected chi connectivity index (χ4v) is 1.69. The number of nitrogen functional groups attached to an aromatic ring is 1. The van der Waals surface area contributed by atoms with Gasteiger partial charge in [0.05, 0.1) is 25.0 Å². The summed E-state index contributed by atoms with van der Waals surface area (Å²) < 4.78 is 7.37. The van der Waals surface area contributed by atoms with E-state index in [1.807, 2.05) is 29.9 Å². The quantitative estimate of drug-likeness (QED) is 0.851. The molecule has 0 saturated carbocycles. The monoisotopic (exact) mass is 234 g/mol. The summed E-state index contributed by atoms with van der Waals surface area (Å²) in [6.45, 7) is 4.49. The van der Waals surface area contributed by atoms with Crippen molar-refractivity contribution in [2.24, 2.45) is 0 Å². The lowest BCUT2D eigenvalue weighted by Crippen LogP contribution is -2.22. The molecule has 5 nitrogen and oxygen atoms in total.